The maximum atomic E-state index is 13.8. The molecule has 39 heavy (non-hydrogen) atoms. The minimum absolute atomic E-state index is 0.129. The van der Waals surface area contributed by atoms with Gasteiger partial charge in [-0.15, -0.1) is 0 Å². The van der Waals surface area contributed by atoms with Crippen LogP contribution in [-0.2, 0) is 22.6 Å². The molecule has 4 rings (SSSR count). The monoisotopic (exact) mass is 566 g/mol. The van der Waals surface area contributed by atoms with Gasteiger partial charge in [-0.3, -0.25) is 9.59 Å². The van der Waals surface area contributed by atoms with Gasteiger partial charge in [0.15, 0.2) is 6.61 Å². The molecule has 3 aromatic carbocycles. The Balaban J connectivity index is 1.62. The first-order valence-corrected chi connectivity index (χ1v) is 14.3. The van der Waals surface area contributed by atoms with Gasteiger partial charge in [0.2, 0.25) is 5.91 Å². The zero-order valence-electron chi connectivity index (χ0n) is 22.6. The van der Waals surface area contributed by atoms with Crippen LogP contribution in [0.15, 0.2) is 66.7 Å². The van der Waals surface area contributed by atoms with E-state index in [2.05, 4.69) is 5.32 Å². The van der Waals surface area contributed by atoms with Gasteiger partial charge in [-0.2, -0.15) is 0 Å². The van der Waals surface area contributed by atoms with Crippen LogP contribution in [0, 0.1) is 13.8 Å². The fourth-order valence-electron chi connectivity index (χ4n) is 5.15. The molecule has 1 N–H and O–H groups in total. The van der Waals surface area contributed by atoms with Crippen molar-refractivity contribution >= 4 is 35.0 Å². The van der Waals surface area contributed by atoms with Gasteiger partial charge in [-0.25, -0.2) is 0 Å². The summed E-state index contributed by atoms with van der Waals surface area (Å²) in [7, 11) is 0. The van der Waals surface area contributed by atoms with E-state index in [1.54, 1.807) is 11.0 Å². The molecular formula is C32H36Cl2N2O3. The highest BCUT2D eigenvalue weighted by Gasteiger charge is 2.32. The molecule has 0 unspecified atom stereocenters. The predicted molar refractivity (Wildman–Crippen MR) is 157 cm³/mol. The largest absolute Gasteiger partial charge is 0.484 e. The van der Waals surface area contributed by atoms with Gasteiger partial charge >= 0.3 is 0 Å². The number of nitrogens with zero attached hydrogens (tertiary/aromatic N) is 1. The molecule has 1 atom stereocenters. The van der Waals surface area contributed by atoms with Crippen LogP contribution in [0.1, 0.15) is 54.4 Å². The highest BCUT2D eigenvalue weighted by atomic mass is 35.5. The molecule has 0 bridgehead atoms. The maximum absolute atomic E-state index is 13.8. The topological polar surface area (TPSA) is 58.6 Å². The van der Waals surface area contributed by atoms with Crippen molar-refractivity contribution in [1.82, 2.24) is 10.2 Å². The minimum atomic E-state index is -0.710. The Labute approximate surface area is 241 Å². The second-order valence-electron chi connectivity index (χ2n) is 10.4. The summed E-state index contributed by atoms with van der Waals surface area (Å²) in [6.45, 7) is 3.84. The van der Waals surface area contributed by atoms with E-state index in [-0.39, 0.29) is 31.0 Å². The van der Waals surface area contributed by atoms with E-state index < -0.39 is 6.04 Å². The van der Waals surface area contributed by atoms with Crippen molar-refractivity contribution in [2.24, 2.45) is 0 Å². The lowest BCUT2D eigenvalue weighted by Gasteiger charge is -2.33. The van der Waals surface area contributed by atoms with Crippen molar-refractivity contribution in [2.75, 3.05) is 6.61 Å². The van der Waals surface area contributed by atoms with Crippen LogP contribution in [-0.4, -0.2) is 35.4 Å². The summed E-state index contributed by atoms with van der Waals surface area (Å²) >= 11 is 12.6. The maximum Gasteiger partial charge on any atom is 0.261 e. The van der Waals surface area contributed by atoms with Gasteiger partial charge in [0.25, 0.3) is 5.91 Å². The first-order valence-electron chi connectivity index (χ1n) is 13.6. The number of nitrogens with one attached hydrogen (secondary N) is 1. The highest BCUT2D eigenvalue weighted by Crippen LogP contribution is 2.26. The molecule has 0 radical (unpaired) electrons. The number of benzene rings is 3. The SMILES string of the molecule is Cc1cc(OCC(=O)N(Cc2cccc(Cl)c2)[C@H](Cc2ccccc2)C(=O)NC2CCCCC2)cc(C)c1Cl. The van der Waals surface area contributed by atoms with Crippen LogP contribution >= 0.6 is 23.2 Å². The third-order valence-corrected chi connectivity index (χ3v) is 8.07. The van der Waals surface area contributed by atoms with E-state index in [9.17, 15) is 9.59 Å². The second kappa shape index (κ2) is 13.9. The lowest BCUT2D eigenvalue weighted by Crippen LogP contribution is -2.53. The lowest BCUT2D eigenvalue weighted by molar-refractivity contribution is -0.143. The summed E-state index contributed by atoms with van der Waals surface area (Å²) in [5.41, 5.74) is 3.58. The molecule has 0 aliphatic heterocycles. The number of hydrogen-bond acceptors (Lipinski definition) is 3. The van der Waals surface area contributed by atoms with Gasteiger partial charge in [0.1, 0.15) is 11.8 Å². The molecule has 5 nitrogen and oxygen atoms in total. The van der Waals surface area contributed by atoms with E-state index >= 15 is 0 Å². The summed E-state index contributed by atoms with van der Waals surface area (Å²) in [5.74, 6) is 0.149. The third kappa shape index (κ3) is 8.23. The predicted octanol–water partition coefficient (Wildman–Crippen LogP) is 7.08. The van der Waals surface area contributed by atoms with Gasteiger partial charge < -0.3 is 15.0 Å². The van der Waals surface area contributed by atoms with Crippen molar-refractivity contribution in [1.29, 1.82) is 0 Å². The number of carbonyl (C=O) groups excluding carboxylic acids is 2. The fourth-order valence-corrected chi connectivity index (χ4v) is 5.47. The molecule has 1 aliphatic rings. The van der Waals surface area contributed by atoms with Crippen LogP contribution in [0.4, 0.5) is 0 Å². The van der Waals surface area contributed by atoms with Gasteiger partial charge in [-0.05, 0) is 73.2 Å². The normalized spacial score (nSPS) is 14.5. The van der Waals surface area contributed by atoms with Crippen LogP contribution in [0.5, 0.6) is 5.75 Å². The Kier molecular flexibility index (Phi) is 10.3. The third-order valence-electron chi connectivity index (χ3n) is 7.24. The fraction of sp³-hybridized carbons (Fsp3) is 0.375. The number of ether oxygens (including phenoxy) is 1. The molecule has 0 heterocycles. The van der Waals surface area contributed by atoms with Crippen molar-refractivity contribution in [3.05, 3.63) is 99.0 Å². The highest BCUT2D eigenvalue weighted by molar-refractivity contribution is 6.32. The second-order valence-corrected chi connectivity index (χ2v) is 11.2. The van der Waals surface area contributed by atoms with Crippen molar-refractivity contribution < 1.29 is 14.3 Å². The number of hydrogen-bond donors (Lipinski definition) is 1. The van der Waals surface area contributed by atoms with Crippen LogP contribution in [0.2, 0.25) is 10.0 Å². The van der Waals surface area contributed by atoms with Crippen molar-refractivity contribution in [2.45, 2.75) is 71.0 Å². The van der Waals surface area contributed by atoms with E-state index in [4.69, 9.17) is 27.9 Å². The average Bonchev–Trinajstić information content (AvgIpc) is 2.93. The summed E-state index contributed by atoms with van der Waals surface area (Å²) < 4.78 is 5.95. The number of rotatable bonds is 10. The molecule has 1 saturated carbocycles. The summed E-state index contributed by atoms with van der Waals surface area (Å²) in [5, 5.41) is 4.51. The number of amides is 2. The van der Waals surface area contributed by atoms with Crippen LogP contribution in [0.25, 0.3) is 0 Å². The van der Waals surface area contributed by atoms with E-state index in [0.29, 0.717) is 22.2 Å². The summed E-state index contributed by atoms with van der Waals surface area (Å²) in [4.78, 5) is 29.3. The molecule has 3 aromatic rings. The standard InChI is InChI=1S/C32H36Cl2N2O3/c1-22-16-28(17-23(2)31(22)34)39-21-30(37)36(20-25-12-9-13-26(33)18-25)29(19-24-10-5-3-6-11-24)32(38)35-27-14-7-4-8-15-27/h3,5-6,9-13,16-18,27,29H,4,7-8,14-15,19-21H2,1-2H3,(H,35,38)/t29-/m1/s1. The van der Waals surface area contributed by atoms with Crippen LogP contribution in [0.3, 0.4) is 0 Å². The average molecular weight is 568 g/mol. The number of halogens is 2. The summed E-state index contributed by atoms with van der Waals surface area (Å²) in [6, 6.07) is 20.3. The molecule has 7 heteroatoms. The Hall–Kier alpha value is -3.02. The number of aryl methyl sites for hydroxylation is 2. The smallest absolute Gasteiger partial charge is 0.261 e. The molecule has 206 valence electrons. The zero-order chi connectivity index (χ0) is 27.8. The van der Waals surface area contributed by atoms with Crippen molar-refractivity contribution in [3.63, 3.8) is 0 Å². The molecule has 0 aromatic heterocycles. The first-order chi connectivity index (χ1) is 18.8. The molecule has 1 fully saturated rings. The molecule has 0 spiro atoms. The quantitative estimate of drug-likeness (QED) is 0.285. The van der Waals surface area contributed by atoms with Gasteiger partial charge in [-0.1, -0.05) is 84.9 Å². The zero-order valence-corrected chi connectivity index (χ0v) is 24.1. The molecule has 1 aliphatic carbocycles. The molecule has 0 saturated heterocycles. The molecule has 2 amide bonds. The van der Waals surface area contributed by atoms with Crippen LogP contribution < -0.4 is 10.1 Å². The minimum Gasteiger partial charge on any atom is -0.484 e. The Morgan fingerprint density at radius 2 is 1.59 bits per heavy atom. The van der Waals surface area contributed by atoms with E-state index in [0.717, 1.165) is 47.9 Å². The van der Waals surface area contributed by atoms with Gasteiger partial charge in [0, 0.05) is 29.1 Å². The Bertz CT molecular complexity index is 1250. The lowest BCUT2D eigenvalue weighted by atomic mass is 9.94. The van der Waals surface area contributed by atoms with Crippen molar-refractivity contribution in [3.8, 4) is 5.75 Å². The first kappa shape index (κ1) is 29.0. The van der Waals surface area contributed by atoms with Gasteiger partial charge in [0.05, 0.1) is 0 Å². The Morgan fingerprint density at radius 1 is 0.923 bits per heavy atom. The Morgan fingerprint density at radius 3 is 2.26 bits per heavy atom. The van der Waals surface area contributed by atoms with E-state index in [1.165, 1.54) is 6.42 Å². The summed E-state index contributed by atoms with van der Waals surface area (Å²) in [6.07, 6.45) is 5.72. The van der Waals surface area contributed by atoms with E-state index in [1.807, 2.05) is 74.5 Å². The molecular weight excluding hydrogens is 531 g/mol. The number of carbonyl (C=O) groups is 2.